The number of hydrogen-bond donors (Lipinski definition) is 5. The minimum Gasteiger partial charge on any atom is -0.384 e. The highest BCUT2D eigenvalue weighted by Gasteiger charge is 2.27. The van der Waals surface area contributed by atoms with E-state index in [4.69, 9.17) is 0 Å². The maximum absolute atomic E-state index is 12.8. The minimum atomic E-state index is -1.11. The number of benzene rings is 1. The molecule has 0 unspecified atom stereocenters. The number of amides is 1. The highest BCUT2D eigenvalue weighted by atomic mass is 16.3. The Morgan fingerprint density at radius 2 is 2.03 bits per heavy atom. The fourth-order valence-corrected chi connectivity index (χ4v) is 4.14. The van der Waals surface area contributed by atoms with E-state index in [9.17, 15) is 9.90 Å². The van der Waals surface area contributed by atoms with Crippen molar-refractivity contribution >= 4 is 29.2 Å². The molecule has 4 rings (SSSR count). The number of aromatic nitrogens is 3. The molecule has 1 aliphatic rings. The molecule has 2 aromatic heterocycles. The number of fused-ring (bicyclic) bond motifs is 1. The minimum absolute atomic E-state index is 0.0603. The van der Waals surface area contributed by atoms with Gasteiger partial charge in [-0.1, -0.05) is 32.1 Å². The number of hydrogen-bond acceptors (Lipinski definition) is 8. The number of nitrogens with zero attached hydrogens (tertiary/aromatic N) is 3. The van der Waals surface area contributed by atoms with Crippen LogP contribution in [-0.4, -0.2) is 39.1 Å². The molecule has 1 aliphatic heterocycles. The predicted molar refractivity (Wildman–Crippen MR) is 142 cm³/mol. The third-order valence-electron chi connectivity index (χ3n) is 6.04. The van der Waals surface area contributed by atoms with Crippen molar-refractivity contribution in [1.29, 1.82) is 0 Å². The van der Waals surface area contributed by atoms with Gasteiger partial charge in [-0.15, -0.1) is 6.58 Å². The molecule has 0 fully saturated rings. The van der Waals surface area contributed by atoms with Crippen LogP contribution in [0.5, 0.6) is 0 Å². The highest BCUT2D eigenvalue weighted by molar-refractivity contribution is 5.99. The normalized spacial score (nSPS) is 14.5. The van der Waals surface area contributed by atoms with Gasteiger partial charge < -0.3 is 26.4 Å². The number of carbonyl (C=O) groups excluding carboxylic acids is 1. The second kappa shape index (κ2) is 10.0. The summed E-state index contributed by atoms with van der Waals surface area (Å²) in [5.41, 5.74) is 3.09. The summed E-state index contributed by atoms with van der Waals surface area (Å²) in [6.45, 7) is 13.5. The third kappa shape index (κ3) is 5.69. The summed E-state index contributed by atoms with van der Waals surface area (Å²) in [5, 5.41) is 22.9. The summed E-state index contributed by atoms with van der Waals surface area (Å²) in [5.74, 6) is 0.721. The van der Waals surface area contributed by atoms with Gasteiger partial charge in [0.05, 0.1) is 5.69 Å². The van der Waals surface area contributed by atoms with Crippen LogP contribution in [0.2, 0.25) is 0 Å². The molecule has 9 heteroatoms. The Balaban J connectivity index is 1.65. The van der Waals surface area contributed by atoms with E-state index in [1.807, 2.05) is 6.07 Å². The monoisotopic (exact) mass is 487 g/mol. The Labute approximate surface area is 211 Å². The van der Waals surface area contributed by atoms with Crippen molar-refractivity contribution in [3.63, 3.8) is 0 Å². The van der Waals surface area contributed by atoms with E-state index in [0.29, 0.717) is 24.0 Å². The molecule has 0 radical (unpaired) electrons. The lowest BCUT2D eigenvalue weighted by Gasteiger charge is -2.33. The van der Waals surface area contributed by atoms with Crippen LogP contribution in [0.3, 0.4) is 0 Å². The van der Waals surface area contributed by atoms with Crippen molar-refractivity contribution in [1.82, 2.24) is 25.6 Å². The highest BCUT2D eigenvalue weighted by Crippen LogP contribution is 2.32. The molecule has 1 aromatic carbocycles. The first-order chi connectivity index (χ1) is 17.1. The maximum atomic E-state index is 12.8. The van der Waals surface area contributed by atoms with Gasteiger partial charge in [0.15, 0.2) is 0 Å². The summed E-state index contributed by atoms with van der Waals surface area (Å²) in [4.78, 5) is 26.2. The fraction of sp³-hybridized carbons (Fsp3) is 0.333. The van der Waals surface area contributed by atoms with Crippen LogP contribution in [0.25, 0.3) is 0 Å². The number of aliphatic hydroxyl groups is 1. The zero-order chi connectivity index (χ0) is 25.9. The van der Waals surface area contributed by atoms with Crippen molar-refractivity contribution in [2.75, 3.05) is 23.7 Å². The standard InChI is InChI=1S/C27H33N7O2/c1-6-12-29-24(35)19-15-30-25(31-18-10-11-20-17(13-18)14-28-16-26(20,2)3)34-23(19)33-22-9-7-8-21(32-22)27(4,5)36/h6-11,13,15,28,36H,1,12,14,16H2,2-5H3,(H,29,35)(H2,30,31,32,33,34). The third-order valence-corrected chi connectivity index (χ3v) is 6.04. The van der Waals surface area contributed by atoms with E-state index in [-0.39, 0.29) is 22.7 Å². The number of nitrogens with one attached hydrogen (secondary N) is 4. The lowest BCUT2D eigenvalue weighted by Crippen LogP contribution is -2.38. The molecule has 0 spiro atoms. The molecule has 3 heterocycles. The Morgan fingerprint density at radius 3 is 2.78 bits per heavy atom. The summed E-state index contributed by atoms with van der Waals surface area (Å²) in [7, 11) is 0. The molecule has 5 N–H and O–H groups in total. The molecule has 36 heavy (non-hydrogen) atoms. The van der Waals surface area contributed by atoms with Gasteiger partial charge in [-0.2, -0.15) is 4.98 Å². The van der Waals surface area contributed by atoms with E-state index >= 15 is 0 Å². The van der Waals surface area contributed by atoms with Gasteiger partial charge in [0.2, 0.25) is 5.95 Å². The summed E-state index contributed by atoms with van der Waals surface area (Å²) in [6, 6.07) is 11.5. The molecule has 1 amide bonds. The molecule has 9 nitrogen and oxygen atoms in total. The Morgan fingerprint density at radius 1 is 1.22 bits per heavy atom. The molecular formula is C27H33N7O2. The molecule has 0 saturated heterocycles. The summed E-state index contributed by atoms with van der Waals surface area (Å²) in [6.07, 6.45) is 3.07. The molecule has 0 atom stereocenters. The first kappa shape index (κ1) is 25.3. The zero-order valence-corrected chi connectivity index (χ0v) is 21.1. The van der Waals surface area contributed by atoms with Crippen LogP contribution >= 0.6 is 0 Å². The molecule has 188 valence electrons. The molecule has 0 saturated carbocycles. The smallest absolute Gasteiger partial charge is 0.256 e. The number of anilines is 4. The number of pyridine rings is 1. The van der Waals surface area contributed by atoms with Crippen LogP contribution in [0.15, 0.2) is 55.3 Å². The van der Waals surface area contributed by atoms with E-state index in [2.05, 4.69) is 68.8 Å². The first-order valence-electron chi connectivity index (χ1n) is 11.9. The Kier molecular flexibility index (Phi) is 7.05. The van der Waals surface area contributed by atoms with Gasteiger partial charge in [0.1, 0.15) is 22.8 Å². The number of carbonyl (C=O) groups is 1. The van der Waals surface area contributed by atoms with E-state index in [1.165, 1.54) is 17.3 Å². The van der Waals surface area contributed by atoms with E-state index < -0.39 is 5.60 Å². The van der Waals surface area contributed by atoms with Crippen molar-refractivity contribution in [2.24, 2.45) is 0 Å². The van der Waals surface area contributed by atoms with Gasteiger partial charge in [-0.25, -0.2) is 9.97 Å². The SMILES string of the molecule is C=CCNC(=O)c1cnc(Nc2ccc3c(c2)CNCC3(C)C)nc1Nc1cccc(C(C)(C)O)n1. The van der Waals surface area contributed by atoms with Crippen LogP contribution < -0.4 is 21.3 Å². The second-order valence-corrected chi connectivity index (χ2v) is 10.0. The molecular weight excluding hydrogens is 454 g/mol. The molecule has 0 aliphatic carbocycles. The van der Waals surface area contributed by atoms with Crippen LogP contribution in [0, 0.1) is 0 Å². The average Bonchev–Trinajstić information content (AvgIpc) is 2.82. The van der Waals surface area contributed by atoms with Crippen molar-refractivity contribution < 1.29 is 9.90 Å². The summed E-state index contributed by atoms with van der Waals surface area (Å²) < 4.78 is 0. The van der Waals surface area contributed by atoms with Crippen molar-refractivity contribution in [2.45, 2.75) is 45.3 Å². The molecule has 3 aromatic rings. The van der Waals surface area contributed by atoms with E-state index in [0.717, 1.165) is 18.8 Å². The van der Waals surface area contributed by atoms with Crippen molar-refractivity contribution in [3.05, 3.63) is 77.6 Å². The first-order valence-corrected chi connectivity index (χ1v) is 11.9. The maximum Gasteiger partial charge on any atom is 0.256 e. The van der Waals surface area contributed by atoms with Crippen LogP contribution in [-0.2, 0) is 17.6 Å². The van der Waals surface area contributed by atoms with Gasteiger partial charge >= 0.3 is 0 Å². The Bertz CT molecular complexity index is 1280. The summed E-state index contributed by atoms with van der Waals surface area (Å²) >= 11 is 0. The zero-order valence-electron chi connectivity index (χ0n) is 21.1. The van der Waals surface area contributed by atoms with Gasteiger partial charge in [-0.05, 0) is 49.2 Å². The predicted octanol–water partition coefficient (Wildman–Crippen LogP) is 3.88. The average molecular weight is 488 g/mol. The topological polar surface area (TPSA) is 124 Å². The lowest BCUT2D eigenvalue weighted by atomic mass is 9.79. The Hall–Kier alpha value is -3.82. The van der Waals surface area contributed by atoms with Crippen LogP contribution in [0.1, 0.15) is 54.9 Å². The fourth-order valence-electron chi connectivity index (χ4n) is 4.14. The van der Waals surface area contributed by atoms with Crippen molar-refractivity contribution in [3.8, 4) is 0 Å². The van der Waals surface area contributed by atoms with Gasteiger partial charge in [0, 0.05) is 36.9 Å². The van der Waals surface area contributed by atoms with Gasteiger partial charge in [-0.3, -0.25) is 4.79 Å². The number of rotatable bonds is 8. The lowest BCUT2D eigenvalue weighted by molar-refractivity contribution is 0.0740. The molecule has 0 bridgehead atoms. The van der Waals surface area contributed by atoms with Crippen LogP contribution in [0.4, 0.5) is 23.3 Å². The quantitative estimate of drug-likeness (QED) is 0.303. The van der Waals surface area contributed by atoms with E-state index in [1.54, 1.807) is 38.1 Å². The second-order valence-electron chi connectivity index (χ2n) is 10.0. The van der Waals surface area contributed by atoms with Gasteiger partial charge in [0.25, 0.3) is 5.91 Å². The largest absolute Gasteiger partial charge is 0.384 e.